The molecule has 0 radical (unpaired) electrons. The summed E-state index contributed by atoms with van der Waals surface area (Å²) in [5.41, 5.74) is 0.0477. The minimum Gasteiger partial charge on any atom is -0.314 e. The van der Waals surface area contributed by atoms with E-state index in [2.05, 4.69) is 17.6 Å². The molecule has 2 unspecified atom stereocenters. The van der Waals surface area contributed by atoms with E-state index in [-0.39, 0.29) is 5.50 Å². The van der Waals surface area contributed by atoms with Crippen molar-refractivity contribution in [2.24, 2.45) is 0 Å². The molecule has 68 valence electrons. The van der Waals surface area contributed by atoms with E-state index in [4.69, 9.17) is 11.6 Å². The molecule has 0 fully saturated rings. The Morgan fingerprint density at radius 3 is 2.27 bits per heavy atom. The highest BCUT2D eigenvalue weighted by molar-refractivity contribution is 6.20. The molecule has 0 rings (SSSR count). The van der Waals surface area contributed by atoms with Crippen LogP contribution in [0, 0.1) is 0 Å². The molecular formula is C8H19ClN2. The van der Waals surface area contributed by atoms with Gasteiger partial charge < -0.3 is 10.6 Å². The van der Waals surface area contributed by atoms with Crippen molar-refractivity contribution >= 4 is 11.6 Å². The van der Waals surface area contributed by atoms with Gasteiger partial charge >= 0.3 is 0 Å². The quantitative estimate of drug-likeness (QED) is 0.477. The minimum absolute atomic E-state index is 0.0477. The maximum absolute atomic E-state index is 5.99. The van der Waals surface area contributed by atoms with Crippen LogP contribution in [0.1, 0.15) is 26.2 Å². The Hall–Kier alpha value is 0.210. The SMILES string of the molecule is CCCCC(NC)C(Cl)NC. The number of rotatable bonds is 6. The molecule has 0 heterocycles. The average molecular weight is 179 g/mol. The summed E-state index contributed by atoms with van der Waals surface area (Å²) in [6.07, 6.45) is 3.60. The number of hydrogen-bond donors (Lipinski definition) is 2. The summed E-state index contributed by atoms with van der Waals surface area (Å²) in [7, 11) is 3.83. The van der Waals surface area contributed by atoms with Crippen molar-refractivity contribution in [3.63, 3.8) is 0 Å². The zero-order valence-electron chi connectivity index (χ0n) is 7.65. The first-order valence-electron chi connectivity index (χ1n) is 4.24. The van der Waals surface area contributed by atoms with Gasteiger partial charge in [0.15, 0.2) is 0 Å². The maximum Gasteiger partial charge on any atom is 0.0978 e. The lowest BCUT2D eigenvalue weighted by atomic mass is 10.1. The Labute approximate surface area is 74.7 Å². The monoisotopic (exact) mass is 178 g/mol. The van der Waals surface area contributed by atoms with Crippen LogP contribution in [0.2, 0.25) is 0 Å². The van der Waals surface area contributed by atoms with Crippen molar-refractivity contribution in [1.82, 2.24) is 10.6 Å². The van der Waals surface area contributed by atoms with Crippen LogP contribution in [-0.2, 0) is 0 Å². The van der Waals surface area contributed by atoms with Gasteiger partial charge in [-0.15, -0.1) is 11.6 Å². The lowest BCUT2D eigenvalue weighted by Gasteiger charge is -2.20. The van der Waals surface area contributed by atoms with Gasteiger partial charge in [-0.25, -0.2) is 0 Å². The van der Waals surface area contributed by atoms with Crippen molar-refractivity contribution in [3.05, 3.63) is 0 Å². The summed E-state index contributed by atoms with van der Waals surface area (Å²) in [5.74, 6) is 0. The Morgan fingerprint density at radius 2 is 1.91 bits per heavy atom. The lowest BCUT2D eigenvalue weighted by Crippen LogP contribution is -2.41. The third-order valence-corrected chi connectivity index (χ3v) is 2.39. The molecule has 0 saturated heterocycles. The van der Waals surface area contributed by atoms with Gasteiger partial charge in [-0.2, -0.15) is 0 Å². The number of likely N-dealkylation sites (N-methyl/N-ethyl adjacent to an activating group) is 2. The number of nitrogens with one attached hydrogen (secondary N) is 2. The van der Waals surface area contributed by atoms with Crippen LogP contribution in [0.3, 0.4) is 0 Å². The molecule has 0 aromatic carbocycles. The van der Waals surface area contributed by atoms with Gasteiger partial charge in [0, 0.05) is 6.04 Å². The third kappa shape index (κ3) is 4.62. The topological polar surface area (TPSA) is 24.1 Å². The van der Waals surface area contributed by atoms with Crippen LogP contribution in [-0.4, -0.2) is 25.6 Å². The average Bonchev–Trinajstić information content (AvgIpc) is 2.05. The molecule has 2 N–H and O–H groups in total. The molecule has 11 heavy (non-hydrogen) atoms. The van der Waals surface area contributed by atoms with Crippen LogP contribution in [0.15, 0.2) is 0 Å². The molecule has 0 saturated carbocycles. The fourth-order valence-electron chi connectivity index (χ4n) is 1.06. The van der Waals surface area contributed by atoms with Crippen LogP contribution in [0.5, 0.6) is 0 Å². The van der Waals surface area contributed by atoms with Crippen molar-refractivity contribution in [2.75, 3.05) is 14.1 Å². The van der Waals surface area contributed by atoms with Crippen LogP contribution in [0.25, 0.3) is 0 Å². The Morgan fingerprint density at radius 1 is 1.27 bits per heavy atom. The van der Waals surface area contributed by atoms with Gasteiger partial charge in [0.25, 0.3) is 0 Å². The first-order chi connectivity index (χ1) is 5.26. The highest BCUT2D eigenvalue weighted by atomic mass is 35.5. The number of unbranched alkanes of at least 4 members (excludes halogenated alkanes) is 1. The molecule has 2 atom stereocenters. The molecule has 0 aliphatic carbocycles. The highest BCUT2D eigenvalue weighted by Crippen LogP contribution is 2.06. The normalized spacial score (nSPS) is 16.4. The van der Waals surface area contributed by atoms with E-state index < -0.39 is 0 Å². The second-order valence-corrected chi connectivity index (χ2v) is 3.20. The smallest absolute Gasteiger partial charge is 0.0978 e. The fraction of sp³-hybridized carbons (Fsp3) is 1.00. The molecule has 3 heteroatoms. The predicted octanol–water partition coefficient (Wildman–Crippen LogP) is 1.55. The minimum atomic E-state index is 0.0477. The zero-order chi connectivity index (χ0) is 8.69. The number of hydrogen-bond acceptors (Lipinski definition) is 2. The Kier molecular flexibility index (Phi) is 7.02. The van der Waals surface area contributed by atoms with E-state index in [0.29, 0.717) is 6.04 Å². The van der Waals surface area contributed by atoms with Crippen molar-refractivity contribution in [2.45, 2.75) is 37.7 Å². The summed E-state index contributed by atoms with van der Waals surface area (Å²) in [6, 6.07) is 0.390. The first kappa shape index (κ1) is 11.2. The summed E-state index contributed by atoms with van der Waals surface area (Å²) in [4.78, 5) is 0. The van der Waals surface area contributed by atoms with Crippen molar-refractivity contribution in [3.8, 4) is 0 Å². The van der Waals surface area contributed by atoms with Crippen molar-refractivity contribution in [1.29, 1.82) is 0 Å². The Bertz CT molecular complexity index is 88.2. The number of halogens is 1. The molecule has 0 spiro atoms. The molecule has 0 aliphatic rings. The molecule has 0 aromatic rings. The number of alkyl halides is 1. The second kappa shape index (κ2) is 6.89. The van der Waals surface area contributed by atoms with E-state index in [1.807, 2.05) is 14.1 Å². The van der Waals surface area contributed by atoms with Gasteiger partial charge in [-0.1, -0.05) is 19.8 Å². The van der Waals surface area contributed by atoms with Crippen LogP contribution < -0.4 is 10.6 Å². The van der Waals surface area contributed by atoms with Gasteiger partial charge in [0.2, 0.25) is 0 Å². The summed E-state index contributed by atoms with van der Waals surface area (Å²) in [5, 5.41) is 6.22. The van der Waals surface area contributed by atoms with Gasteiger partial charge in [0.05, 0.1) is 5.50 Å². The maximum atomic E-state index is 5.99. The second-order valence-electron chi connectivity index (χ2n) is 2.73. The van der Waals surface area contributed by atoms with Gasteiger partial charge in [-0.3, -0.25) is 0 Å². The van der Waals surface area contributed by atoms with Gasteiger partial charge in [0.1, 0.15) is 0 Å². The van der Waals surface area contributed by atoms with E-state index in [0.717, 1.165) is 6.42 Å². The molecule has 0 bridgehead atoms. The standard InChI is InChI=1S/C8H19ClN2/c1-4-5-6-7(10-2)8(9)11-3/h7-8,10-11H,4-6H2,1-3H3. The fourth-order valence-corrected chi connectivity index (χ4v) is 1.31. The van der Waals surface area contributed by atoms with Crippen LogP contribution >= 0.6 is 11.6 Å². The third-order valence-electron chi connectivity index (χ3n) is 1.87. The highest BCUT2D eigenvalue weighted by Gasteiger charge is 2.13. The van der Waals surface area contributed by atoms with E-state index in [9.17, 15) is 0 Å². The van der Waals surface area contributed by atoms with E-state index in [1.165, 1.54) is 12.8 Å². The van der Waals surface area contributed by atoms with E-state index >= 15 is 0 Å². The Balaban J connectivity index is 3.56. The molecular weight excluding hydrogens is 160 g/mol. The lowest BCUT2D eigenvalue weighted by molar-refractivity contribution is 0.452. The molecule has 2 nitrogen and oxygen atoms in total. The summed E-state index contributed by atoms with van der Waals surface area (Å²) >= 11 is 5.99. The van der Waals surface area contributed by atoms with Gasteiger partial charge in [-0.05, 0) is 20.5 Å². The molecule has 0 amide bonds. The summed E-state index contributed by atoms with van der Waals surface area (Å²) < 4.78 is 0. The molecule has 0 aliphatic heterocycles. The summed E-state index contributed by atoms with van der Waals surface area (Å²) in [6.45, 7) is 2.19. The first-order valence-corrected chi connectivity index (χ1v) is 4.68. The van der Waals surface area contributed by atoms with Crippen molar-refractivity contribution < 1.29 is 0 Å². The van der Waals surface area contributed by atoms with Crippen LogP contribution in [0.4, 0.5) is 0 Å². The van der Waals surface area contributed by atoms with E-state index in [1.54, 1.807) is 0 Å². The predicted molar refractivity (Wildman–Crippen MR) is 51.1 cm³/mol. The zero-order valence-corrected chi connectivity index (χ0v) is 8.41. The largest absolute Gasteiger partial charge is 0.314 e. The molecule has 0 aromatic heterocycles.